The second-order valence-electron chi connectivity index (χ2n) is 6.92. The number of ketones is 1. The van der Waals surface area contributed by atoms with E-state index in [0.29, 0.717) is 12.8 Å². The fourth-order valence-corrected chi connectivity index (χ4v) is 8.37. The molecule has 0 bridgehead atoms. The van der Waals surface area contributed by atoms with Crippen LogP contribution in [0.1, 0.15) is 19.3 Å². The van der Waals surface area contributed by atoms with E-state index in [1.54, 1.807) is 0 Å². The summed E-state index contributed by atoms with van der Waals surface area (Å²) in [6, 6.07) is 0. The Kier molecular flexibility index (Phi) is 4.08. The normalized spacial score (nSPS) is 24.0. The Morgan fingerprint density at radius 1 is 1.14 bits per heavy atom. The molecule has 0 radical (unpaired) electrons. The molecule has 0 amide bonds. The average Bonchev–Trinajstić information content (AvgIpc) is 2.89. The molecule has 0 N–H and O–H groups in total. The summed E-state index contributed by atoms with van der Waals surface area (Å²) >= 11 is -2.33. The van der Waals surface area contributed by atoms with E-state index >= 15 is 0 Å². The Balaban J connectivity index is 2.50. The van der Waals surface area contributed by atoms with E-state index in [-0.39, 0.29) is 18.1 Å². The molecule has 0 aliphatic heterocycles. The van der Waals surface area contributed by atoms with Gasteiger partial charge in [0.05, 0.1) is 0 Å². The molecule has 0 saturated heterocycles. The summed E-state index contributed by atoms with van der Waals surface area (Å²) in [6.45, 7) is 0. The number of esters is 2. The molecule has 116 valence electrons. The van der Waals surface area contributed by atoms with Gasteiger partial charge in [0.15, 0.2) is 0 Å². The summed E-state index contributed by atoms with van der Waals surface area (Å²) in [6.07, 6.45) is 1.03. The second-order valence-corrected chi connectivity index (χ2v) is 17.4. The van der Waals surface area contributed by atoms with Crippen LogP contribution >= 0.6 is 0 Å². The van der Waals surface area contributed by atoms with Crippen molar-refractivity contribution in [3.63, 3.8) is 0 Å². The fourth-order valence-electron chi connectivity index (χ4n) is 3.76. The summed E-state index contributed by atoms with van der Waals surface area (Å²) in [5.41, 5.74) is -0.244. The number of allylic oxidation sites excluding steroid dienone is 2. The van der Waals surface area contributed by atoms with Crippen molar-refractivity contribution in [1.29, 1.82) is 0 Å². The number of rotatable bonds is 3. The molecule has 2 aliphatic rings. The van der Waals surface area contributed by atoms with Gasteiger partial charge in [-0.05, 0) is 0 Å². The van der Waals surface area contributed by atoms with Crippen LogP contribution in [0.4, 0.5) is 0 Å². The van der Waals surface area contributed by atoms with Crippen molar-refractivity contribution in [1.82, 2.24) is 0 Å². The van der Waals surface area contributed by atoms with Crippen molar-refractivity contribution in [2.24, 2.45) is 11.3 Å². The molecule has 1 atom stereocenters. The van der Waals surface area contributed by atoms with Crippen molar-refractivity contribution in [3.8, 4) is 0 Å². The molecule has 0 spiro atoms. The first-order valence-corrected chi connectivity index (χ1v) is 14.4. The van der Waals surface area contributed by atoms with Crippen LogP contribution in [0.2, 0.25) is 17.3 Å². The Morgan fingerprint density at radius 2 is 1.67 bits per heavy atom. The van der Waals surface area contributed by atoms with Crippen LogP contribution in [0.3, 0.4) is 0 Å². The topological polar surface area (TPSA) is 69.7 Å². The molecule has 1 saturated carbocycles. The summed E-state index contributed by atoms with van der Waals surface area (Å²) in [7, 11) is 2.56. The fraction of sp³-hybridized carbons (Fsp3) is 0.667. The molecule has 0 aromatic carbocycles. The van der Waals surface area contributed by atoms with Crippen molar-refractivity contribution >= 4 is 31.0 Å². The summed E-state index contributed by atoms with van der Waals surface area (Å²) in [4.78, 5) is 36.7. The van der Waals surface area contributed by atoms with Crippen LogP contribution in [-0.4, -0.2) is 45.2 Å². The van der Waals surface area contributed by atoms with Gasteiger partial charge in [0.2, 0.25) is 0 Å². The van der Waals surface area contributed by atoms with E-state index in [1.165, 1.54) is 14.2 Å². The molecule has 21 heavy (non-hydrogen) atoms. The van der Waals surface area contributed by atoms with Gasteiger partial charge in [0, 0.05) is 0 Å². The molecule has 0 aromatic rings. The quantitative estimate of drug-likeness (QED) is 0.439. The van der Waals surface area contributed by atoms with Gasteiger partial charge in [-0.2, -0.15) is 0 Å². The zero-order valence-corrected chi connectivity index (χ0v) is 15.3. The minimum atomic E-state index is -2.33. The van der Waals surface area contributed by atoms with Gasteiger partial charge >= 0.3 is 127 Å². The Hall–Kier alpha value is -1.11. The van der Waals surface area contributed by atoms with E-state index in [1.807, 2.05) is 0 Å². The third kappa shape index (κ3) is 2.45. The number of hydrogen-bond acceptors (Lipinski definition) is 5. The predicted molar refractivity (Wildman–Crippen MR) is 79.2 cm³/mol. The first-order valence-electron chi connectivity index (χ1n) is 7.11. The van der Waals surface area contributed by atoms with Crippen molar-refractivity contribution < 1.29 is 23.9 Å². The Bertz CT molecular complexity index is 525. The van der Waals surface area contributed by atoms with Crippen LogP contribution in [-0.2, 0) is 23.9 Å². The van der Waals surface area contributed by atoms with Crippen LogP contribution in [0.5, 0.6) is 0 Å². The van der Waals surface area contributed by atoms with E-state index in [9.17, 15) is 14.4 Å². The van der Waals surface area contributed by atoms with E-state index in [0.717, 1.165) is 9.98 Å². The number of carbonyl (C=O) groups excluding carboxylic acids is 3. The average molecular weight is 355 g/mol. The molecule has 0 heterocycles. The third-order valence-electron chi connectivity index (χ3n) is 4.51. The monoisotopic (exact) mass is 356 g/mol. The number of hydrogen-bond donors (Lipinski definition) is 0. The molecule has 1 fully saturated rings. The van der Waals surface area contributed by atoms with E-state index < -0.39 is 30.6 Å². The second kappa shape index (κ2) is 5.27. The first-order chi connectivity index (χ1) is 9.67. The van der Waals surface area contributed by atoms with Gasteiger partial charge in [-0.3, -0.25) is 0 Å². The summed E-state index contributed by atoms with van der Waals surface area (Å²) < 4.78 is 10.6. The number of carbonyl (C=O) groups is 3. The summed E-state index contributed by atoms with van der Waals surface area (Å²) in [5, 5.41) is 0. The maximum absolute atomic E-state index is 12.3. The van der Waals surface area contributed by atoms with Crippen LogP contribution < -0.4 is 0 Å². The Morgan fingerprint density at radius 3 is 2.10 bits per heavy atom. The minimum absolute atomic E-state index is 0.00412. The van der Waals surface area contributed by atoms with E-state index in [4.69, 9.17) is 9.47 Å². The van der Waals surface area contributed by atoms with Crippen LogP contribution in [0.25, 0.3) is 0 Å². The molecule has 2 rings (SSSR count). The zero-order chi connectivity index (χ0) is 16.0. The molecule has 5 nitrogen and oxygen atoms in total. The van der Waals surface area contributed by atoms with Gasteiger partial charge in [-0.15, -0.1) is 0 Å². The standard InChI is InChI=1S/C15H22GeO5/c1-16(2,3)12-10-8-15(13(18)20-4,14(19)21-5)7-9(10)6-11(12)17/h9H,6-8H2,1-5H3. The molecular weight excluding hydrogens is 333 g/mol. The van der Waals surface area contributed by atoms with Gasteiger partial charge < -0.3 is 0 Å². The van der Waals surface area contributed by atoms with Gasteiger partial charge in [-0.1, -0.05) is 0 Å². The molecule has 6 heteroatoms. The first kappa shape index (κ1) is 16.3. The zero-order valence-electron chi connectivity index (χ0n) is 13.2. The Labute approximate surface area is 127 Å². The van der Waals surface area contributed by atoms with Crippen molar-refractivity contribution in [2.75, 3.05) is 14.2 Å². The van der Waals surface area contributed by atoms with Crippen molar-refractivity contribution in [2.45, 2.75) is 36.5 Å². The predicted octanol–water partition coefficient (Wildman–Crippen LogP) is 1.88. The SMILES string of the molecule is COC(=O)C1(C(=O)OC)CC2=[C]([Ge]([CH3])([CH3])[CH3])C(=O)CC2C1. The number of ether oxygens (including phenoxy) is 2. The molecule has 1 unspecified atom stereocenters. The molecule has 0 aromatic heterocycles. The van der Waals surface area contributed by atoms with Gasteiger partial charge in [0.1, 0.15) is 0 Å². The maximum atomic E-state index is 12.3. The van der Waals surface area contributed by atoms with Crippen molar-refractivity contribution in [3.05, 3.63) is 9.98 Å². The van der Waals surface area contributed by atoms with Gasteiger partial charge in [0.25, 0.3) is 0 Å². The van der Waals surface area contributed by atoms with E-state index in [2.05, 4.69) is 17.3 Å². The number of methoxy groups -OCH3 is 2. The number of fused-ring (bicyclic) bond motifs is 1. The van der Waals surface area contributed by atoms with Crippen LogP contribution in [0.15, 0.2) is 9.98 Å². The third-order valence-corrected chi connectivity index (χ3v) is 8.92. The summed E-state index contributed by atoms with van der Waals surface area (Å²) in [5.74, 6) is 5.60. The van der Waals surface area contributed by atoms with Gasteiger partial charge in [-0.25, -0.2) is 0 Å². The number of Topliss-reactive ketones (excluding diaryl/α,β-unsaturated/α-hetero) is 1. The molecule has 2 aliphatic carbocycles. The van der Waals surface area contributed by atoms with Crippen LogP contribution in [0, 0.1) is 11.3 Å². The molecular formula is C15H22GeO5.